The zero-order valence-corrected chi connectivity index (χ0v) is 13.2. The van der Waals surface area contributed by atoms with Crippen molar-refractivity contribution in [1.29, 1.82) is 10.8 Å². The number of allylic oxidation sites excluding steroid dienone is 2. The quantitative estimate of drug-likeness (QED) is 0.327. The predicted molar refractivity (Wildman–Crippen MR) is 85.8 cm³/mol. The first-order valence-corrected chi connectivity index (χ1v) is 7.40. The van der Waals surface area contributed by atoms with Crippen LogP contribution in [0.4, 0.5) is 0 Å². The number of rotatable bonds is 11. The van der Waals surface area contributed by atoms with E-state index in [0.717, 1.165) is 6.54 Å². The highest BCUT2D eigenvalue weighted by Crippen LogP contribution is 2.07. The molecular formula is C16H31N3. The van der Waals surface area contributed by atoms with Crippen molar-refractivity contribution in [2.45, 2.75) is 59.3 Å². The molecule has 0 bridgehead atoms. The predicted octanol–water partition coefficient (Wildman–Crippen LogP) is 4.28. The van der Waals surface area contributed by atoms with Gasteiger partial charge >= 0.3 is 0 Å². The average Bonchev–Trinajstić information content (AvgIpc) is 2.27. The van der Waals surface area contributed by atoms with Gasteiger partial charge in [0.2, 0.25) is 0 Å². The molecule has 0 amide bonds. The maximum atomic E-state index is 7.78. The molecule has 0 aliphatic carbocycles. The lowest BCUT2D eigenvalue weighted by atomic mass is 10.1. The second-order valence-corrected chi connectivity index (χ2v) is 5.59. The number of nitrogens with zero attached hydrogens (tertiary/aromatic N) is 1. The van der Waals surface area contributed by atoms with Crippen LogP contribution in [0.25, 0.3) is 0 Å². The Morgan fingerprint density at radius 2 is 1.84 bits per heavy atom. The van der Waals surface area contributed by atoms with Gasteiger partial charge in [-0.3, -0.25) is 0 Å². The number of hydrogen-bond donors (Lipinski definition) is 2. The largest absolute Gasteiger partial charge is 0.310 e. The summed E-state index contributed by atoms with van der Waals surface area (Å²) in [5, 5.41) is 15.1. The lowest BCUT2D eigenvalue weighted by Gasteiger charge is -2.16. The molecule has 0 spiro atoms. The normalized spacial score (nSPS) is 11.9. The Kier molecular flexibility index (Phi) is 10.4. The molecule has 19 heavy (non-hydrogen) atoms. The van der Waals surface area contributed by atoms with Crippen LogP contribution in [-0.2, 0) is 0 Å². The van der Waals surface area contributed by atoms with Crippen LogP contribution in [-0.4, -0.2) is 36.5 Å². The molecule has 0 aromatic carbocycles. The number of nitrogens with one attached hydrogen (secondary N) is 2. The van der Waals surface area contributed by atoms with Gasteiger partial charge in [0.1, 0.15) is 0 Å². The summed E-state index contributed by atoms with van der Waals surface area (Å²) >= 11 is 0. The minimum atomic E-state index is 0.517. The third-order valence-corrected chi connectivity index (χ3v) is 3.07. The Morgan fingerprint density at radius 1 is 1.16 bits per heavy atom. The molecule has 0 aliphatic heterocycles. The first-order valence-electron chi connectivity index (χ1n) is 7.40. The molecule has 0 rings (SSSR count). The molecule has 0 atom stereocenters. The maximum Gasteiger partial charge on any atom is 0.0361 e. The molecule has 3 heteroatoms. The van der Waals surface area contributed by atoms with Crippen LogP contribution < -0.4 is 0 Å². The lowest BCUT2D eigenvalue weighted by molar-refractivity contribution is 0.368. The molecule has 0 unspecified atom stereocenters. The van der Waals surface area contributed by atoms with Crippen molar-refractivity contribution >= 4 is 11.4 Å². The van der Waals surface area contributed by atoms with Crippen molar-refractivity contribution in [2.75, 3.05) is 20.1 Å². The van der Waals surface area contributed by atoms with E-state index in [2.05, 4.69) is 31.9 Å². The number of hydrogen-bond acceptors (Lipinski definition) is 3. The van der Waals surface area contributed by atoms with E-state index in [-0.39, 0.29) is 0 Å². The van der Waals surface area contributed by atoms with Crippen LogP contribution in [0.1, 0.15) is 59.3 Å². The van der Waals surface area contributed by atoms with E-state index < -0.39 is 0 Å². The van der Waals surface area contributed by atoms with Crippen molar-refractivity contribution in [1.82, 2.24) is 4.90 Å². The molecule has 110 valence electrons. The SMILES string of the molecule is CCC/C(C)=C/CCCCN(C)CC(=N)CC(C)=N. The first kappa shape index (κ1) is 18.0. The van der Waals surface area contributed by atoms with Gasteiger partial charge in [0.25, 0.3) is 0 Å². The molecule has 0 fully saturated rings. The molecule has 0 radical (unpaired) electrons. The summed E-state index contributed by atoms with van der Waals surface area (Å²) in [4.78, 5) is 2.19. The van der Waals surface area contributed by atoms with Gasteiger partial charge < -0.3 is 15.7 Å². The highest BCUT2D eigenvalue weighted by atomic mass is 15.1. The summed E-state index contributed by atoms with van der Waals surface area (Å²) in [6, 6.07) is 0. The third kappa shape index (κ3) is 11.8. The second-order valence-electron chi connectivity index (χ2n) is 5.59. The average molecular weight is 265 g/mol. The van der Waals surface area contributed by atoms with Crippen molar-refractivity contribution in [3.05, 3.63) is 11.6 Å². The Morgan fingerprint density at radius 3 is 2.42 bits per heavy atom. The van der Waals surface area contributed by atoms with Gasteiger partial charge in [-0.05, 0) is 53.1 Å². The molecule has 0 aromatic heterocycles. The summed E-state index contributed by atoms with van der Waals surface area (Å²) in [6.07, 6.45) is 8.93. The van der Waals surface area contributed by atoms with Crippen LogP contribution in [0, 0.1) is 10.8 Å². The van der Waals surface area contributed by atoms with E-state index in [0.29, 0.717) is 24.4 Å². The van der Waals surface area contributed by atoms with E-state index in [4.69, 9.17) is 10.8 Å². The fourth-order valence-electron chi connectivity index (χ4n) is 2.15. The highest BCUT2D eigenvalue weighted by Gasteiger charge is 2.03. The zero-order chi connectivity index (χ0) is 14.7. The lowest BCUT2D eigenvalue weighted by Crippen LogP contribution is -2.27. The van der Waals surface area contributed by atoms with E-state index in [1.165, 1.54) is 37.7 Å². The minimum absolute atomic E-state index is 0.517. The van der Waals surface area contributed by atoms with Gasteiger partial charge in [0.15, 0.2) is 0 Å². The van der Waals surface area contributed by atoms with Crippen LogP contribution in [0.3, 0.4) is 0 Å². The van der Waals surface area contributed by atoms with Gasteiger partial charge in [0, 0.05) is 24.4 Å². The van der Waals surface area contributed by atoms with E-state index in [1.807, 2.05) is 0 Å². The fourth-order valence-corrected chi connectivity index (χ4v) is 2.15. The van der Waals surface area contributed by atoms with Crippen LogP contribution in [0.5, 0.6) is 0 Å². The smallest absolute Gasteiger partial charge is 0.0361 e. The molecule has 0 saturated carbocycles. The Hall–Kier alpha value is -0.960. The third-order valence-electron chi connectivity index (χ3n) is 3.07. The summed E-state index contributed by atoms with van der Waals surface area (Å²) in [7, 11) is 2.06. The van der Waals surface area contributed by atoms with Crippen LogP contribution >= 0.6 is 0 Å². The maximum absolute atomic E-state index is 7.78. The minimum Gasteiger partial charge on any atom is -0.310 e. The van der Waals surface area contributed by atoms with Crippen LogP contribution in [0.15, 0.2) is 11.6 Å². The Balaban J connectivity index is 3.63. The fraction of sp³-hybridized carbons (Fsp3) is 0.750. The molecule has 0 aliphatic rings. The van der Waals surface area contributed by atoms with Gasteiger partial charge in [-0.15, -0.1) is 0 Å². The van der Waals surface area contributed by atoms with Crippen molar-refractivity contribution in [3.63, 3.8) is 0 Å². The number of unbranched alkanes of at least 4 members (excludes halogenated alkanes) is 2. The van der Waals surface area contributed by atoms with Crippen LogP contribution in [0.2, 0.25) is 0 Å². The molecule has 0 aromatic rings. The van der Waals surface area contributed by atoms with Crippen molar-refractivity contribution < 1.29 is 0 Å². The van der Waals surface area contributed by atoms with E-state index >= 15 is 0 Å². The monoisotopic (exact) mass is 265 g/mol. The summed E-state index contributed by atoms with van der Waals surface area (Å²) < 4.78 is 0. The Bertz CT molecular complexity index is 305. The molecule has 3 nitrogen and oxygen atoms in total. The van der Waals surface area contributed by atoms with Crippen molar-refractivity contribution in [3.8, 4) is 0 Å². The van der Waals surface area contributed by atoms with Gasteiger partial charge in [-0.2, -0.15) is 0 Å². The van der Waals surface area contributed by atoms with Gasteiger partial charge in [-0.1, -0.05) is 25.0 Å². The van der Waals surface area contributed by atoms with E-state index in [9.17, 15) is 0 Å². The standard InChI is InChI=1S/C16H31N3/c1-5-9-14(2)10-7-6-8-11-19(4)13-16(18)12-15(3)17/h10,17-18H,5-9,11-13H2,1-4H3/b14-10+,17-15?,18-16?. The molecular weight excluding hydrogens is 234 g/mol. The summed E-state index contributed by atoms with van der Waals surface area (Å²) in [5.41, 5.74) is 2.74. The van der Waals surface area contributed by atoms with E-state index in [1.54, 1.807) is 6.92 Å². The second kappa shape index (κ2) is 10.9. The molecule has 0 saturated heterocycles. The molecule has 2 N–H and O–H groups in total. The summed E-state index contributed by atoms with van der Waals surface area (Å²) in [5.74, 6) is 0. The topological polar surface area (TPSA) is 50.9 Å². The highest BCUT2D eigenvalue weighted by molar-refractivity contribution is 6.01. The zero-order valence-electron chi connectivity index (χ0n) is 13.2. The van der Waals surface area contributed by atoms with Gasteiger partial charge in [0.05, 0.1) is 0 Å². The summed E-state index contributed by atoms with van der Waals surface area (Å²) in [6.45, 7) is 7.94. The molecule has 0 heterocycles. The van der Waals surface area contributed by atoms with Crippen molar-refractivity contribution in [2.24, 2.45) is 0 Å². The van der Waals surface area contributed by atoms with Gasteiger partial charge in [-0.25, -0.2) is 0 Å². The first-order chi connectivity index (χ1) is 8.95. The Labute approximate surface area is 119 Å².